The van der Waals surface area contributed by atoms with Gasteiger partial charge in [-0.15, -0.1) is 0 Å². The van der Waals surface area contributed by atoms with Gasteiger partial charge in [-0.2, -0.15) is 13.2 Å². The van der Waals surface area contributed by atoms with Gasteiger partial charge >= 0.3 is 6.18 Å². The molecule has 118 valence electrons. The number of hydrogen-bond donors (Lipinski definition) is 1. The summed E-state index contributed by atoms with van der Waals surface area (Å²) in [7, 11) is 0. The Hall–Kier alpha value is -0.900. The van der Waals surface area contributed by atoms with Gasteiger partial charge in [-0.1, -0.05) is 25.4 Å². The van der Waals surface area contributed by atoms with Gasteiger partial charge in [0.25, 0.3) is 0 Å². The molecule has 2 rings (SSSR count). The SMILES string of the molecule is CC(C)C1CCC(Nc2cc(C(F)(F)F)ccc2Cl)CC1. The molecule has 21 heavy (non-hydrogen) atoms. The van der Waals surface area contributed by atoms with E-state index in [2.05, 4.69) is 19.2 Å². The van der Waals surface area contributed by atoms with Crippen molar-refractivity contribution < 1.29 is 13.2 Å². The molecule has 0 aromatic heterocycles. The Kier molecular flexibility index (Phi) is 5.07. The van der Waals surface area contributed by atoms with Gasteiger partial charge in [0.15, 0.2) is 0 Å². The average Bonchev–Trinajstić information content (AvgIpc) is 2.40. The third kappa shape index (κ3) is 4.29. The van der Waals surface area contributed by atoms with Crippen LogP contribution >= 0.6 is 11.6 Å². The van der Waals surface area contributed by atoms with Crippen molar-refractivity contribution in [3.05, 3.63) is 28.8 Å². The maximum Gasteiger partial charge on any atom is 0.416 e. The number of benzene rings is 1. The van der Waals surface area contributed by atoms with Crippen LogP contribution < -0.4 is 5.32 Å². The van der Waals surface area contributed by atoms with Crippen molar-refractivity contribution >= 4 is 17.3 Å². The Bertz CT molecular complexity index is 477. The molecule has 0 amide bonds. The normalized spacial score (nSPS) is 23.4. The minimum absolute atomic E-state index is 0.209. The van der Waals surface area contributed by atoms with Crippen LogP contribution in [0.2, 0.25) is 5.02 Å². The molecule has 0 bridgehead atoms. The van der Waals surface area contributed by atoms with Gasteiger partial charge in [-0.05, 0) is 55.7 Å². The Labute approximate surface area is 128 Å². The number of anilines is 1. The topological polar surface area (TPSA) is 12.0 Å². The van der Waals surface area contributed by atoms with Gasteiger partial charge in [0.05, 0.1) is 16.3 Å². The lowest BCUT2D eigenvalue weighted by Crippen LogP contribution is -2.28. The van der Waals surface area contributed by atoms with E-state index in [9.17, 15) is 13.2 Å². The zero-order valence-corrected chi connectivity index (χ0v) is 13.1. The predicted molar refractivity (Wildman–Crippen MR) is 80.7 cm³/mol. The molecule has 0 unspecified atom stereocenters. The monoisotopic (exact) mass is 319 g/mol. The van der Waals surface area contributed by atoms with E-state index in [-0.39, 0.29) is 6.04 Å². The summed E-state index contributed by atoms with van der Waals surface area (Å²) >= 11 is 6.01. The summed E-state index contributed by atoms with van der Waals surface area (Å²) in [6, 6.07) is 3.65. The van der Waals surface area contributed by atoms with E-state index < -0.39 is 11.7 Å². The minimum atomic E-state index is -4.34. The van der Waals surface area contributed by atoms with E-state index in [1.807, 2.05) is 0 Å². The van der Waals surface area contributed by atoms with Crippen molar-refractivity contribution in [1.82, 2.24) is 0 Å². The molecule has 0 heterocycles. The Morgan fingerprint density at radius 3 is 2.29 bits per heavy atom. The van der Waals surface area contributed by atoms with Crippen LogP contribution in [-0.4, -0.2) is 6.04 Å². The highest BCUT2D eigenvalue weighted by Gasteiger charge is 2.31. The smallest absolute Gasteiger partial charge is 0.381 e. The zero-order valence-electron chi connectivity index (χ0n) is 12.3. The minimum Gasteiger partial charge on any atom is -0.381 e. The summed E-state index contributed by atoms with van der Waals surface area (Å²) in [6.45, 7) is 4.45. The van der Waals surface area contributed by atoms with Crippen molar-refractivity contribution in [2.75, 3.05) is 5.32 Å². The second kappa shape index (κ2) is 6.47. The van der Waals surface area contributed by atoms with E-state index in [0.717, 1.165) is 43.7 Å². The lowest BCUT2D eigenvalue weighted by molar-refractivity contribution is -0.137. The van der Waals surface area contributed by atoms with Crippen LogP contribution in [0.5, 0.6) is 0 Å². The van der Waals surface area contributed by atoms with Crippen LogP contribution in [0.1, 0.15) is 45.1 Å². The molecule has 5 heteroatoms. The molecule has 0 saturated heterocycles. The number of hydrogen-bond acceptors (Lipinski definition) is 1. The fourth-order valence-corrected chi connectivity index (χ4v) is 3.13. The van der Waals surface area contributed by atoms with Crippen LogP contribution in [0.3, 0.4) is 0 Å². The maximum atomic E-state index is 12.7. The summed E-state index contributed by atoms with van der Waals surface area (Å²) in [5, 5.41) is 3.53. The van der Waals surface area contributed by atoms with Gasteiger partial charge in [0.1, 0.15) is 0 Å². The van der Waals surface area contributed by atoms with Gasteiger partial charge < -0.3 is 5.32 Å². The van der Waals surface area contributed by atoms with E-state index in [0.29, 0.717) is 16.6 Å². The van der Waals surface area contributed by atoms with Gasteiger partial charge in [0.2, 0.25) is 0 Å². The lowest BCUT2D eigenvalue weighted by atomic mass is 9.79. The van der Waals surface area contributed by atoms with Crippen molar-refractivity contribution in [2.45, 2.75) is 51.7 Å². The third-order valence-electron chi connectivity index (χ3n) is 4.37. The van der Waals surface area contributed by atoms with Crippen LogP contribution in [0.15, 0.2) is 18.2 Å². The Morgan fingerprint density at radius 2 is 1.76 bits per heavy atom. The second-order valence-electron chi connectivity index (χ2n) is 6.19. The summed E-state index contributed by atoms with van der Waals surface area (Å²) in [4.78, 5) is 0. The molecule has 1 aromatic rings. The van der Waals surface area contributed by atoms with E-state index >= 15 is 0 Å². The second-order valence-corrected chi connectivity index (χ2v) is 6.60. The highest BCUT2D eigenvalue weighted by Crippen LogP contribution is 2.36. The number of alkyl halides is 3. The number of nitrogens with one attached hydrogen (secondary N) is 1. The summed E-state index contributed by atoms with van der Waals surface area (Å²) in [5.74, 6) is 1.39. The molecule has 0 aliphatic heterocycles. The average molecular weight is 320 g/mol. The molecule has 1 fully saturated rings. The molecule has 0 radical (unpaired) electrons. The highest BCUT2D eigenvalue weighted by atomic mass is 35.5. The van der Waals surface area contributed by atoms with Crippen molar-refractivity contribution in [3.63, 3.8) is 0 Å². The number of rotatable bonds is 3. The Morgan fingerprint density at radius 1 is 1.14 bits per heavy atom. The summed E-state index contributed by atoms with van der Waals surface area (Å²) in [6.07, 6.45) is -0.140. The third-order valence-corrected chi connectivity index (χ3v) is 4.70. The standard InChI is InChI=1S/C16H21ClF3N/c1-10(2)11-3-6-13(7-4-11)21-15-9-12(16(18,19)20)5-8-14(15)17/h5,8-11,13,21H,3-4,6-7H2,1-2H3. The first-order chi connectivity index (χ1) is 9.77. The first kappa shape index (κ1) is 16.5. The molecule has 1 nitrogen and oxygen atoms in total. The molecule has 1 saturated carbocycles. The molecule has 0 atom stereocenters. The highest BCUT2D eigenvalue weighted by molar-refractivity contribution is 6.33. The largest absolute Gasteiger partial charge is 0.416 e. The lowest BCUT2D eigenvalue weighted by Gasteiger charge is -2.32. The van der Waals surface area contributed by atoms with Crippen LogP contribution in [0.4, 0.5) is 18.9 Å². The van der Waals surface area contributed by atoms with E-state index in [4.69, 9.17) is 11.6 Å². The predicted octanol–water partition coefficient (Wildman–Crippen LogP) is 5.99. The fraction of sp³-hybridized carbons (Fsp3) is 0.625. The summed E-state index contributed by atoms with van der Waals surface area (Å²) in [5.41, 5.74) is -0.273. The zero-order chi connectivity index (χ0) is 15.6. The first-order valence-electron chi connectivity index (χ1n) is 7.40. The first-order valence-corrected chi connectivity index (χ1v) is 7.78. The van der Waals surface area contributed by atoms with Crippen molar-refractivity contribution in [2.24, 2.45) is 11.8 Å². The van der Waals surface area contributed by atoms with E-state index in [1.54, 1.807) is 0 Å². The van der Waals surface area contributed by atoms with Crippen molar-refractivity contribution in [3.8, 4) is 0 Å². The quantitative estimate of drug-likeness (QED) is 0.722. The van der Waals surface area contributed by atoms with Crippen molar-refractivity contribution in [1.29, 1.82) is 0 Å². The van der Waals surface area contributed by atoms with Gasteiger partial charge in [0, 0.05) is 6.04 Å². The molecule has 1 aliphatic rings. The molecule has 1 N–H and O–H groups in total. The van der Waals surface area contributed by atoms with Gasteiger partial charge in [-0.3, -0.25) is 0 Å². The Balaban J connectivity index is 2.03. The van der Waals surface area contributed by atoms with Crippen LogP contribution in [0, 0.1) is 11.8 Å². The fourth-order valence-electron chi connectivity index (χ4n) is 2.96. The molecule has 1 aromatic carbocycles. The van der Waals surface area contributed by atoms with Crippen LogP contribution in [0.25, 0.3) is 0 Å². The maximum absolute atomic E-state index is 12.7. The molecule has 0 spiro atoms. The van der Waals surface area contributed by atoms with Gasteiger partial charge in [-0.25, -0.2) is 0 Å². The molecular weight excluding hydrogens is 299 g/mol. The molecule has 1 aliphatic carbocycles. The number of halogens is 4. The van der Waals surface area contributed by atoms with Crippen LogP contribution in [-0.2, 0) is 6.18 Å². The van der Waals surface area contributed by atoms with E-state index in [1.165, 1.54) is 6.07 Å². The summed E-state index contributed by atoms with van der Waals surface area (Å²) < 4.78 is 38.2. The molecular formula is C16H21ClF3N.